The number of amides is 1. The topological polar surface area (TPSA) is 55.1 Å². The number of anilines is 1. The van der Waals surface area contributed by atoms with Crippen molar-refractivity contribution < 1.29 is 4.79 Å². The van der Waals surface area contributed by atoms with Gasteiger partial charge in [0.15, 0.2) is 0 Å². The number of hydrogen-bond acceptors (Lipinski definition) is 2. The highest BCUT2D eigenvalue weighted by molar-refractivity contribution is 5.94. The minimum absolute atomic E-state index is 0.363. The molecule has 0 bridgehead atoms. The van der Waals surface area contributed by atoms with Gasteiger partial charge in [-0.25, -0.2) is 0 Å². The van der Waals surface area contributed by atoms with E-state index in [0.29, 0.717) is 5.56 Å². The average molecular weight is 431 g/mol. The molecule has 170 valence electrons. The maximum atomic E-state index is 10.6. The lowest BCUT2D eigenvalue weighted by molar-refractivity contribution is 0.0999. The zero-order valence-corrected chi connectivity index (χ0v) is 19.4. The Morgan fingerprint density at radius 1 is 0.688 bits per heavy atom. The number of nitrogens with one attached hydrogen (secondary N) is 1. The molecule has 0 saturated heterocycles. The summed E-state index contributed by atoms with van der Waals surface area (Å²) in [6.45, 7) is 3.00. The highest BCUT2D eigenvalue weighted by Crippen LogP contribution is 2.20. The van der Waals surface area contributed by atoms with E-state index < -0.39 is 0 Å². The molecule has 1 aliphatic heterocycles. The maximum absolute atomic E-state index is 10.6. The number of carbonyl (C=O) groups is 1. The Bertz CT molecular complexity index is 825. The van der Waals surface area contributed by atoms with Gasteiger partial charge >= 0.3 is 0 Å². The minimum Gasteiger partial charge on any atom is -0.385 e. The maximum Gasteiger partial charge on any atom is 0.248 e. The number of carbonyl (C=O) groups excluding carboxylic acids is 1. The number of fused-ring (bicyclic) bond motifs is 1. The third kappa shape index (κ3) is 10.3. The van der Waals surface area contributed by atoms with E-state index in [2.05, 4.69) is 29.6 Å². The van der Waals surface area contributed by atoms with E-state index >= 15 is 0 Å². The average Bonchev–Trinajstić information content (AvgIpc) is 2.87. The molecule has 1 aliphatic carbocycles. The number of para-hydroxylation sites is 1. The quantitative estimate of drug-likeness (QED) is 0.430. The molecule has 0 aromatic heterocycles. The molecule has 0 atom stereocenters. The van der Waals surface area contributed by atoms with Gasteiger partial charge in [0.25, 0.3) is 0 Å². The molecule has 32 heavy (non-hydrogen) atoms. The first kappa shape index (κ1) is 25.2. The molecule has 0 radical (unpaired) electrons. The molecular weight excluding hydrogens is 392 g/mol. The van der Waals surface area contributed by atoms with Crippen LogP contribution in [0.5, 0.6) is 0 Å². The second-order valence-electron chi connectivity index (χ2n) is 8.14. The second kappa shape index (κ2) is 15.7. The van der Waals surface area contributed by atoms with Gasteiger partial charge in [0, 0.05) is 17.8 Å². The van der Waals surface area contributed by atoms with E-state index in [9.17, 15) is 4.79 Å². The second-order valence-corrected chi connectivity index (χ2v) is 8.14. The standard InChI is InChI=1S/C9H11N.C8H9NO.C6H12.C6H6/c1-2-6-9-8(4-1)5-3-7-10-9;1-6-4-2-3-5-7(6)8(9)10;2*1-2-4-6-5-3-1/h1-2,4,6,10H,3,5,7H2;2-5H,1H3,(H2,9,10);1-6H2;1-6H. The molecule has 3 aromatic rings. The Balaban J connectivity index is 0.000000156. The number of nitrogens with two attached hydrogens (primary N) is 1. The number of benzene rings is 3. The van der Waals surface area contributed by atoms with Crippen molar-refractivity contribution in [1.29, 1.82) is 0 Å². The normalized spacial score (nSPS) is 13.8. The van der Waals surface area contributed by atoms with Crippen molar-refractivity contribution in [2.24, 2.45) is 5.73 Å². The van der Waals surface area contributed by atoms with E-state index in [-0.39, 0.29) is 5.91 Å². The van der Waals surface area contributed by atoms with Crippen molar-refractivity contribution in [3.8, 4) is 0 Å². The number of aryl methyl sites for hydroxylation is 2. The van der Waals surface area contributed by atoms with E-state index in [1.54, 1.807) is 12.1 Å². The lowest BCUT2D eigenvalue weighted by Gasteiger charge is -2.16. The Hall–Kier alpha value is -3.07. The van der Waals surface area contributed by atoms with Gasteiger partial charge in [-0.15, -0.1) is 0 Å². The summed E-state index contributed by atoms with van der Waals surface area (Å²) in [6.07, 6.45) is 11.5. The third-order valence-corrected chi connectivity index (χ3v) is 5.53. The van der Waals surface area contributed by atoms with Crippen LogP contribution in [0.15, 0.2) is 84.9 Å². The molecule has 2 aliphatic rings. The number of hydrogen-bond donors (Lipinski definition) is 2. The molecule has 1 heterocycles. The summed E-state index contributed by atoms with van der Waals surface area (Å²) in [5.74, 6) is -0.363. The molecule has 0 unspecified atom stereocenters. The first-order valence-corrected chi connectivity index (χ1v) is 11.9. The zero-order chi connectivity index (χ0) is 22.9. The minimum atomic E-state index is -0.363. The summed E-state index contributed by atoms with van der Waals surface area (Å²) in [6, 6.07) is 27.8. The Labute approximate surface area is 194 Å². The van der Waals surface area contributed by atoms with Crippen LogP contribution in [0, 0.1) is 6.92 Å². The van der Waals surface area contributed by atoms with Crippen molar-refractivity contribution in [2.45, 2.75) is 58.3 Å². The van der Waals surface area contributed by atoms with Gasteiger partial charge in [-0.1, -0.05) is 111 Å². The molecule has 1 fully saturated rings. The highest BCUT2D eigenvalue weighted by atomic mass is 16.1. The fourth-order valence-corrected chi connectivity index (χ4v) is 3.71. The molecule has 0 spiro atoms. The van der Waals surface area contributed by atoms with E-state index in [0.717, 1.165) is 12.1 Å². The van der Waals surface area contributed by atoms with Gasteiger partial charge in [-0.2, -0.15) is 0 Å². The lowest BCUT2D eigenvalue weighted by Crippen LogP contribution is -2.12. The molecule has 3 N–H and O–H groups in total. The molecular formula is C29H38N2O. The highest BCUT2D eigenvalue weighted by Gasteiger charge is 2.05. The number of primary amides is 1. The van der Waals surface area contributed by atoms with Crippen LogP contribution in [0.4, 0.5) is 5.69 Å². The molecule has 3 aromatic carbocycles. The van der Waals surface area contributed by atoms with Gasteiger partial charge in [0.2, 0.25) is 5.91 Å². The first-order chi connectivity index (χ1) is 15.7. The summed E-state index contributed by atoms with van der Waals surface area (Å²) in [5.41, 5.74) is 9.40. The Morgan fingerprint density at radius 3 is 1.66 bits per heavy atom. The molecule has 5 rings (SSSR count). The van der Waals surface area contributed by atoms with Crippen LogP contribution in [0.2, 0.25) is 0 Å². The summed E-state index contributed by atoms with van der Waals surface area (Å²) >= 11 is 0. The van der Waals surface area contributed by atoms with Crippen LogP contribution in [0.3, 0.4) is 0 Å². The summed E-state index contributed by atoms with van der Waals surface area (Å²) in [5, 5.41) is 3.36. The Morgan fingerprint density at radius 2 is 1.19 bits per heavy atom. The molecule has 1 amide bonds. The fraction of sp³-hybridized carbons (Fsp3) is 0.345. The van der Waals surface area contributed by atoms with Gasteiger partial charge in [-0.05, 0) is 43.0 Å². The van der Waals surface area contributed by atoms with E-state index in [4.69, 9.17) is 5.73 Å². The van der Waals surface area contributed by atoms with E-state index in [1.807, 2.05) is 55.5 Å². The summed E-state index contributed by atoms with van der Waals surface area (Å²) in [7, 11) is 0. The van der Waals surface area contributed by atoms with Crippen molar-refractivity contribution in [2.75, 3.05) is 11.9 Å². The van der Waals surface area contributed by atoms with Gasteiger partial charge < -0.3 is 11.1 Å². The summed E-state index contributed by atoms with van der Waals surface area (Å²) in [4.78, 5) is 10.6. The SMILES string of the molecule is C1CCCCC1.Cc1ccccc1C(N)=O.c1ccc2c(c1)CCCN2.c1ccccc1. The lowest BCUT2D eigenvalue weighted by atomic mass is 10.0. The van der Waals surface area contributed by atoms with Crippen LogP contribution in [0.25, 0.3) is 0 Å². The zero-order valence-electron chi connectivity index (χ0n) is 19.4. The number of rotatable bonds is 1. The van der Waals surface area contributed by atoms with Crippen molar-refractivity contribution in [3.05, 3.63) is 102 Å². The monoisotopic (exact) mass is 430 g/mol. The summed E-state index contributed by atoms with van der Waals surface area (Å²) < 4.78 is 0. The van der Waals surface area contributed by atoms with Gasteiger partial charge in [0.1, 0.15) is 0 Å². The van der Waals surface area contributed by atoms with Gasteiger partial charge in [0.05, 0.1) is 0 Å². The van der Waals surface area contributed by atoms with Crippen LogP contribution in [-0.2, 0) is 6.42 Å². The van der Waals surface area contributed by atoms with Crippen molar-refractivity contribution >= 4 is 11.6 Å². The first-order valence-electron chi connectivity index (χ1n) is 11.9. The van der Waals surface area contributed by atoms with Crippen LogP contribution in [0.1, 0.15) is 66.4 Å². The van der Waals surface area contributed by atoms with Crippen LogP contribution in [-0.4, -0.2) is 12.5 Å². The molecule has 3 heteroatoms. The van der Waals surface area contributed by atoms with Crippen molar-refractivity contribution in [3.63, 3.8) is 0 Å². The Kier molecular flexibility index (Phi) is 12.4. The predicted molar refractivity (Wildman–Crippen MR) is 137 cm³/mol. The van der Waals surface area contributed by atoms with Gasteiger partial charge in [-0.3, -0.25) is 4.79 Å². The van der Waals surface area contributed by atoms with Crippen LogP contribution < -0.4 is 11.1 Å². The largest absolute Gasteiger partial charge is 0.385 e. The molecule has 1 saturated carbocycles. The smallest absolute Gasteiger partial charge is 0.248 e. The third-order valence-electron chi connectivity index (χ3n) is 5.53. The fourth-order valence-electron chi connectivity index (χ4n) is 3.71. The molecule has 3 nitrogen and oxygen atoms in total. The van der Waals surface area contributed by atoms with E-state index in [1.165, 1.54) is 62.6 Å². The van der Waals surface area contributed by atoms with Crippen molar-refractivity contribution in [1.82, 2.24) is 0 Å². The van der Waals surface area contributed by atoms with Crippen LogP contribution >= 0.6 is 0 Å². The predicted octanol–water partition coefficient (Wildman–Crippen LogP) is 7.17.